The first kappa shape index (κ1) is 14.1. The summed E-state index contributed by atoms with van der Waals surface area (Å²) in [5.41, 5.74) is 1.20. The molecule has 1 aliphatic heterocycles. The summed E-state index contributed by atoms with van der Waals surface area (Å²) in [5.74, 6) is 0.360. The molecule has 1 heterocycles. The van der Waals surface area contributed by atoms with Crippen molar-refractivity contribution in [1.82, 2.24) is 10.2 Å². The molecule has 3 nitrogen and oxygen atoms in total. The normalized spacial score (nSPS) is 21.9. The number of hydrogen-bond acceptors (Lipinski definition) is 2. The van der Waals surface area contributed by atoms with Crippen molar-refractivity contribution in [3.8, 4) is 0 Å². The summed E-state index contributed by atoms with van der Waals surface area (Å²) in [6.07, 6.45) is 3.07. The Labute approximate surface area is 116 Å². The zero-order chi connectivity index (χ0) is 13.7. The van der Waals surface area contributed by atoms with Gasteiger partial charge in [0.1, 0.15) is 0 Å². The van der Waals surface area contributed by atoms with Crippen LogP contribution in [-0.4, -0.2) is 30.9 Å². The highest BCUT2D eigenvalue weighted by molar-refractivity contribution is 5.79. The topological polar surface area (TPSA) is 32.3 Å². The molecule has 19 heavy (non-hydrogen) atoms. The molecule has 0 aromatic heterocycles. The highest BCUT2D eigenvalue weighted by Crippen LogP contribution is 2.20. The number of likely N-dealkylation sites (tertiary alicyclic amines) is 1. The molecular weight excluding hydrogens is 236 g/mol. The van der Waals surface area contributed by atoms with E-state index in [4.69, 9.17) is 0 Å². The van der Waals surface area contributed by atoms with E-state index in [1.54, 1.807) is 0 Å². The Morgan fingerprint density at radius 3 is 2.79 bits per heavy atom. The van der Waals surface area contributed by atoms with Gasteiger partial charge in [0, 0.05) is 6.54 Å². The van der Waals surface area contributed by atoms with Gasteiger partial charge in [0.15, 0.2) is 0 Å². The van der Waals surface area contributed by atoms with Crippen molar-refractivity contribution >= 4 is 5.91 Å². The Morgan fingerprint density at radius 2 is 2.16 bits per heavy atom. The summed E-state index contributed by atoms with van der Waals surface area (Å²) < 4.78 is 0. The van der Waals surface area contributed by atoms with Gasteiger partial charge in [-0.25, -0.2) is 0 Å². The molecule has 0 saturated carbocycles. The second kappa shape index (κ2) is 6.71. The highest BCUT2D eigenvalue weighted by atomic mass is 16.2. The molecule has 3 heteroatoms. The summed E-state index contributed by atoms with van der Waals surface area (Å²) in [6, 6.07) is 10.4. The van der Waals surface area contributed by atoms with Crippen LogP contribution < -0.4 is 5.32 Å². The molecule has 1 fully saturated rings. The first-order valence-corrected chi connectivity index (χ1v) is 7.24. The Bertz CT molecular complexity index is 404. The molecule has 2 rings (SSSR count). The van der Waals surface area contributed by atoms with Gasteiger partial charge in [-0.15, -0.1) is 0 Å². The van der Waals surface area contributed by atoms with Crippen molar-refractivity contribution in [2.45, 2.75) is 32.2 Å². The largest absolute Gasteiger partial charge is 0.349 e. The smallest absolute Gasteiger partial charge is 0.224 e. The van der Waals surface area contributed by atoms with Gasteiger partial charge in [0.2, 0.25) is 5.91 Å². The lowest BCUT2D eigenvalue weighted by Gasteiger charge is -2.30. The van der Waals surface area contributed by atoms with E-state index in [2.05, 4.69) is 36.3 Å². The van der Waals surface area contributed by atoms with Crippen LogP contribution in [0.1, 0.15) is 37.8 Å². The van der Waals surface area contributed by atoms with E-state index in [0.29, 0.717) is 0 Å². The molecule has 0 aliphatic carbocycles. The number of nitrogens with zero attached hydrogens (tertiary/aromatic N) is 1. The van der Waals surface area contributed by atoms with Gasteiger partial charge in [-0.05, 0) is 38.4 Å². The van der Waals surface area contributed by atoms with Crippen LogP contribution in [-0.2, 0) is 4.79 Å². The number of piperidine rings is 1. The third-order valence-corrected chi connectivity index (χ3v) is 3.92. The van der Waals surface area contributed by atoms with Crippen LogP contribution in [0.15, 0.2) is 30.3 Å². The maximum absolute atomic E-state index is 12.3. The Kier molecular flexibility index (Phi) is 4.97. The zero-order valence-electron chi connectivity index (χ0n) is 11.9. The summed E-state index contributed by atoms with van der Waals surface area (Å²) in [4.78, 5) is 14.6. The molecule has 1 aliphatic rings. The fourth-order valence-corrected chi connectivity index (χ4v) is 2.78. The molecule has 0 bridgehead atoms. The standard InChI is InChI=1S/C16H24N2O/c1-3-15(13-8-5-4-6-9-13)17-16(19)14-10-7-11-18(2)12-14/h4-6,8-9,14-15H,3,7,10-12H2,1-2H3,(H,17,19)/t14-,15-/m0/s1. The summed E-state index contributed by atoms with van der Waals surface area (Å²) in [6.45, 7) is 4.11. The van der Waals surface area contributed by atoms with Crippen molar-refractivity contribution in [3.63, 3.8) is 0 Å². The summed E-state index contributed by atoms with van der Waals surface area (Å²) in [5, 5.41) is 3.21. The Morgan fingerprint density at radius 1 is 1.42 bits per heavy atom. The zero-order valence-corrected chi connectivity index (χ0v) is 11.9. The van der Waals surface area contributed by atoms with Crippen molar-refractivity contribution < 1.29 is 4.79 Å². The number of carbonyl (C=O) groups excluding carboxylic acids is 1. The predicted molar refractivity (Wildman–Crippen MR) is 77.8 cm³/mol. The predicted octanol–water partition coefficient (Wildman–Crippen LogP) is 2.60. The number of benzene rings is 1. The van der Waals surface area contributed by atoms with E-state index >= 15 is 0 Å². The molecule has 1 amide bonds. The van der Waals surface area contributed by atoms with Crippen LogP contribution in [0.25, 0.3) is 0 Å². The van der Waals surface area contributed by atoms with Gasteiger partial charge < -0.3 is 10.2 Å². The molecular formula is C16H24N2O. The minimum absolute atomic E-state index is 0.140. The van der Waals surface area contributed by atoms with E-state index in [0.717, 1.165) is 32.4 Å². The molecule has 0 spiro atoms. The summed E-state index contributed by atoms with van der Waals surface area (Å²) in [7, 11) is 2.09. The number of hydrogen-bond donors (Lipinski definition) is 1. The molecule has 2 atom stereocenters. The Balaban J connectivity index is 1.96. The van der Waals surface area contributed by atoms with Crippen LogP contribution in [0.2, 0.25) is 0 Å². The van der Waals surface area contributed by atoms with Gasteiger partial charge in [-0.3, -0.25) is 4.79 Å². The van der Waals surface area contributed by atoms with Crippen molar-refractivity contribution in [2.24, 2.45) is 5.92 Å². The van der Waals surface area contributed by atoms with Crippen LogP contribution in [0.3, 0.4) is 0 Å². The maximum Gasteiger partial charge on any atom is 0.224 e. The SMILES string of the molecule is CC[C@H](NC(=O)[C@H]1CCCN(C)C1)c1ccccc1. The van der Waals surface area contributed by atoms with Crippen LogP contribution in [0.5, 0.6) is 0 Å². The van der Waals surface area contributed by atoms with Gasteiger partial charge in [0.05, 0.1) is 12.0 Å². The molecule has 1 aromatic carbocycles. The number of carbonyl (C=O) groups is 1. The second-order valence-electron chi connectivity index (χ2n) is 5.48. The van der Waals surface area contributed by atoms with Crippen LogP contribution in [0, 0.1) is 5.92 Å². The molecule has 104 valence electrons. The van der Waals surface area contributed by atoms with Gasteiger partial charge >= 0.3 is 0 Å². The van der Waals surface area contributed by atoms with Crippen LogP contribution in [0.4, 0.5) is 0 Å². The first-order chi connectivity index (χ1) is 9.20. The van der Waals surface area contributed by atoms with Gasteiger partial charge in [-0.2, -0.15) is 0 Å². The highest BCUT2D eigenvalue weighted by Gasteiger charge is 2.25. The lowest BCUT2D eigenvalue weighted by atomic mass is 9.96. The minimum Gasteiger partial charge on any atom is -0.349 e. The second-order valence-corrected chi connectivity index (χ2v) is 5.48. The molecule has 1 saturated heterocycles. The van der Waals surface area contributed by atoms with Crippen molar-refractivity contribution in [1.29, 1.82) is 0 Å². The third kappa shape index (κ3) is 3.80. The fraction of sp³-hybridized carbons (Fsp3) is 0.562. The van der Waals surface area contributed by atoms with Crippen LogP contribution >= 0.6 is 0 Å². The van der Waals surface area contributed by atoms with E-state index in [9.17, 15) is 4.79 Å². The van der Waals surface area contributed by atoms with Gasteiger partial charge in [0.25, 0.3) is 0 Å². The molecule has 1 aromatic rings. The average Bonchev–Trinajstić information content (AvgIpc) is 2.45. The number of nitrogens with one attached hydrogen (secondary N) is 1. The quantitative estimate of drug-likeness (QED) is 0.902. The first-order valence-electron chi connectivity index (χ1n) is 7.24. The van der Waals surface area contributed by atoms with E-state index in [1.807, 2.05) is 18.2 Å². The van der Waals surface area contributed by atoms with Gasteiger partial charge in [-0.1, -0.05) is 37.3 Å². The number of rotatable bonds is 4. The van der Waals surface area contributed by atoms with Crippen molar-refractivity contribution in [2.75, 3.05) is 20.1 Å². The maximum atomic E-state index is 12.3. The van der Waals surface area contributed by atoms with E-state index < -0.39 is 0 Å². The Hall–Kier alpha value is -1.35. The lowest BCUT2D eigenvalue weighted by Crippen LogP contribution is -2.42. The van der Waals surface area contributed by atoms with E-state index in [1.165, 1.54) is 5.56 Å². The molecule has 1 N–H and O–H groups in total. The van der Waals surface area contributed by atoms with Crippen molar-refractivity contribution in [3.05, 3.63) is 35.9 Å². The monoisotopic (exact) mass is 260 g/mol. The fourth-order valence-electron chi connectivity index (χ4n) is 2.78. The molecule has 0 unspecified atom stereocenters. The minimum atomic E-state index is 0.140. The number of amides is 1. The lowest BCUT2D eigenvalue weighted by molar-refractivity contribution is -0.127. The third-order valence-electron chi connectivity index (χ3n) is 3.92. The molecule has 0 radical (unpaired) electrons. The van der Waals surface area contributed by atoms with E-state index in [-0.39, 0.29) is 17.9 Å². The average molecular weight is 260 g/mol. The summed E-state index contributed by atoms with van der Waals surface area (Å²) >= 11 is 0.